The Kier molecular flexibility index (Phi) is 7.39. The van der Waals surface area contributed by atoms with Gasteiger partial charge in [0.1, 0.15) is 0 Å². The molecule has 0 radical (unpaired) electrons. The average Bonchev–Trinajstić information content (AvgIpc) is 3.24. The molecule has 34 heavy (non-hydrogen) atoms. The van der Waals surface area contributed by atoms with Gasteiger partial charge in [0.15, 0.2) is 5.75 Å². The molecule has 0 fully saturated rings. The Morgan fingerprint density at radius 2 is 2.12 bits per heavy atom. The van der Waals surface area contributed by atoms with Crippen molar-refractivity contribution < 1.29 is 18.7 Å². The number of halogens is 1. The molecule has 0 spiro atoms. The summed E-state index contributed by atoms with van der Waals surface area (Å²) >= 11 is -1.33. The van der Waals surface area contributed by atoms with Gasteiger partial charge in [0, 0.05) is 0 Å². The molecular weight excluding hydrogens is 634 g/mol. The second-order valence-electron chi connectivity index (χ2n) is 7.48. The summed E-state index contributed by atoms with van der Waals surface area (Å²) in [6.07, 6.45) is 3.78. The van der Waals surface area contributed by atoms with Gasteiger partial charge < -0.3 is 4.74 Å². The van der Waals surface area contributed by atoms with E-state index in [1.165, 1.54) is 13.2 Å². The zero-order valence-electron chi connectivity index (χ0n) is 19.3. The Morgan fingerprint density at radius 1 is 1.29 bits per heavy atom. The molecule has 0 bridgehead atoms. The number of hydrogen-bond donors (Lipinski definition) is 1. The number of aryl methyl sites for hydroxylation is 1. The summed E-state index contributed by atoms with van der Waals surface area (Å²) < 4.78 is 33.2. The number of fused-ring (bicyclic) bond motifs is 1. The van der Waals surface area contributed by atoms with Gasteiger partial charge in [-0.05, 0) is 6.42 Å². The zero-order valence-corrected chi connectivity index (χ0v) is 23.8. The summed E-state index contributed by atoms with van der Waals surface area (Å²) in [5.74, 6) is 0.180. The first-order valence-electron chi connectivity index (χ1n) is 10.8. The van der Waals surface area contributed by atoms with E-state index in [0.29, 0.717) is 59.7 Å². The fraction of sp³-hybridized carbons (Fsp3) is 0.318. The van der Waals surface area contributed by atoms with Crippen LogP contribution in [0.1, 0.15) is 28.7 Å². The molecule has 4 rings (SSSR count). The predicted octanol–water partition coefficient (Wildman–Crippen LogP) is 1.46. The van der Waals surface area contributed by atoms with Gasteiger partial charge in [0.25, 0.3) is 0 Å². The van der Waals surface area contributed by atoms with E-state index in [4.69, 9.17) is 9.47 Å². The van der Waals surface area contributed by atoms with Crippen LogP contribution in [0, 0.1) is 5.82 Å². The SMILES string of the molecule is [CH2]=[Tl][N]1CCN(c2ccc(CNC(=O)c3c(CC)nc4ncc(OC)cn34)cc2F)N=C1OC. The van der Waals surface area contributed by atoms with Gasteiger partial charge in [0.05, 0.1) is 25.2 Å². The number of nitrogens with zero attached hydrogens (tertiary/aromatic N) is 6. The third-order valence-electron chi connectivity index (χ3n) is 5.46. The predicted molar refractivity (Wildman–Crippen MR) is 128 cm³/mol. The van der Waals surface area contributed by atoms with E-state index in [2.05, 4.69) is 27.2 Å². The van der Waals surface area contributed by atoms with Crippen LogP contribution in [-0.2, 0) is 17.7 Å². The number of ether oxygens (including phenoxy) is 2. The van der Waals surface area contributed by atoms with E-state index in [1.54, 1.807) is 41.0 Å². The molecule has 2 aromatic heterocycles. The Hall–Kier alpha value is -3.10. The number of anilines is 1. The van der Waals surface area contributed by atoms with Crippen LogP contribution in [0.15, 0.2) is 35.7 Å². The minimum atomic E-state index is -1.33. The first-order valence-corrected chi connectivity index (χ1v) is 15.9. The first-order chi connectivity index (χ1) is 16.5. The standard InChI is InChI=1S/C21H24FN7O3.CH2.Tl/c1-4-16-18(28-12-14(31-2)11-25-20(28)26-16)19(30)24-10-13-5-6-17(15(22)9-13)29-8-7-23-21(27-29)32-3;;/h5-6,9,11-12H,4,7-8,10H2,1-3H3,(H2,23,24,27,30);1H2;/q;;+1/p-1. The van der Waals surface area contributed by atoms with Crippen LogP contribution in [0.3, 0.4) is 0 Å². The molecule has 0 saturated carbocycles. The molecule has 0 aliphatic carbocycles. The summed E-state index contributed by atoms with van der Waals surface area (Å²) in [5, 5.41) is 8.87. The Morgan fingerprint density at radius 3 is 2.79 bits per heavy atom. The number of amides is 1. The number of methoxy groups -OCH3 is 2. The fourth-order valence-corrected chi connectivity index (χ4v) is 6.08. The second kappa shape index (κ2) is 10.4. The molecule has 1 N–H and O–H groups in total. The number of rotatable bonds is 7. The van der Waals surface area contributed by atoms with Crippen molar-refractivity contribution in [3.63, 3.8) is 0 Å². The molecule has 0 unspecified atom stereocenters. The quantitative estimate of drug-likeness (QED) is 0.384. The summed E-state index contributed by atoms with van der Waals surface area (Å²) in [6.45, 7) is 3.33. The van der Waals surface area contributed by atoms with Crippen LogP contribution in [-0.4, -0.2) is 84.4 Å². The third kappa shape index (κ3) is 4.74. The molecular formula is C22H25FN7O3Tl. The van der Waals surface area contributed by atoms with Crippen molar-refractivity contribution in [1.82, 2.24) is 22.4 Å². The Balaban J connectivity index is 1.51. The van der Waals surface area contributed by atoms with E-state index in [9.17, 15) is 9.18 Å². The van der Waals surface area contributed by atoms with Crippen molar-refractivity contribution in [3.05, 3.63) is 53.4 Å². The van der Waals surface area contributed by atoms with Gasteiger partial charge >= 0.3 is 140 Å². The van der Waals surface area contributed by atoms with E-state index >= 15 is 0 Å². The van der Waals surface area contributed by atoms with Crippen molar-refractivity contribution in [2.45, 2.75) is 19.9 Å². The van der Waals surface area contributed by atoms with Crippen molar-refractivity contribution in [2.75, 3.05) is 32.3 Å². The third-order valence-corrected chi connectivity index (χ3v) is 9.04. The number of hydrogen-bond acceptors (Lipinski definition) is 8. The molecule has 1 aliphatic heterocycles. The van der Waals surface area contributed by atoms with Gasteiger partial charge in [-0.1, -0.05) is 6.92 Å². The van der Waals surface area contributed by atoms with E-state index in [0.717, 1.165) is 0 Å². The zero-order chi connectivity index (χ0) is 24.2. The number of benzene rings is 1. The van der Waals surface area contributed by atoms with Crippen molar-refractivity contribution in [3.8, 4) is 5.75 Å². The summed E-state index contributed by atoms with van der Waals surface area (Å²) in [6, 6.07) is 5.33. The van der Waals surface area contributed by atoms with E-state index in [1.807, 2.05) is 6.92 Å². The monoisotopic (exact) mass is 659 g/mol. The number of nitrogens with one attached hydrogen (secondary N) is 1. The summed E-state index contributed by atoms with van der Waals surface area (Å²) in [5.41, 5.74) is 1.99. The number of carbonyl (C=O) groups excluding carboxylic acids is 1. The number of imidazole rings is 1. The van der Waals surface area contributed by atoms with Gasteiger partial charge in [-0.3, -0.25) is 4.40 Å². The molecule has 0 atom stereocenters. The minimum absolute atomic E-state index is 0.153. The second-order valence-corrected chi connectivity index (χ2v) is 11.3. The molecule has 1 aromatic carbocycles. The van der Waals surface area contributed by atoms with Crippen molar-refractivity contribution in [2.24, 2.45) is 5.10 Å². The molecule has 12 heteroatoms. The number of amidine groups is 1. The molecule has 0 saturated heterocycles. The molecule has 10 nitrogen and oxygen atoms in total. The number of carbonyl (C=O) groups is 1. The van der Waals surface area contributed by atoms with Crippen molar-refractivity contribution in [1.29, 1.82) is 0 Å². The summed E-state index contributed by atoms with van der Waals surface area (Å²) in [7, 11) is 3.09. The Bertz CT molecular complexity index is 1260. The number of aromatic nitrogens is 3. The first kappa shape index (κ1) is 24.0. The van der Waals surface area contributed by atoms with Gasteiger partial charge in [0.2, 0.25) is 5.78 Å². The maximum absolute atomic E-state index is 14.9. The molecule has 3 heterocycles. The van der Waals surface area contributed by atoms with Crippen LogP contribution >= 0.6 is 0 Å². The fourth-order valence-electron chi connectivity index (χ4n) is 3.70. The molecule has 1 aliphatic rings. The van der Waals surface area contributed by atoms with Gasteiger partial charge in [-0.2, -0.15) is 0 Å². The van der Waals surface area contributed by atoms with E-state index < -0.39 is 29.9 Å². The normalized spacial score (nSPS) is 13.5. The molecule has 1 amide bonds. The van der Waals surface area contributed by atoms with Crippen LogP contribution in [0.5, 0.6) is 5.75 Å². The molecule has 176 valence electrons. The van der Waals surface area contributed by atoms with Gasteiger partial charge in [-0.25, -0.2) is 9.97 Å². The topological polar surface area (TPSA) is 96.6 Å². The van der Waals surface area contributed by atoms with Gasteiger partial charge in [-0.15, -0.1) is 0 Å². The van der Waals surface area contributed by atoms with Crippen LogP contribution in [0.25, 0.3) is 5.78 Å². The van der Waals surface area contributed by atoms with Crippen LogP contribution < -0.4 is 15.1 Å². The Labute approximate surface area is 208 Å². The van der Waals surface area contributed by atoms with E-state index in [-0.39, 0.29) is 12.5 Å². The average molecular weight is 659 g/mol. The summed E-state index contributed by atoms with van der Waals surface area (Å²) in [4.78, 5) is 21.7. The number of hydrazone groups is 1. The maximum atomic E-state index is 14.9. The van der Waals surface area contributed by atoms with Crippen molar-refractivity contribution >= 4 is 51.5 Å². The van der Waals surface area contributed by atoms with Crippen LogP contribution in [0.4, 0.5) is 10.1 Å². The molecule has 3 aromatic rings. The van der Waals surface area contributed by atoms with Crippen LogP contribution in [0.2, 0.25) is 0 Å².